The molecule has 0 aliphatic carbocycles. The molecule has 0 spiro atoms. The third-order valence-corrected chi connectivity index (χ3v) is 7.91. The summed E-state index contributed by atoms with van der Waals surface area (Å²) in [6.07, 6.45) is 5.55. The first-order chi connectivity index (χ1) is 24.6. The monoisotopic (exact) mass is 688 g/mol. The van der Waals surface area contributed by atoms with Crippen molar-refractivity contribution >= 4 is 40.2 Å². The molecular weight excluding hydrogens is 650 g/mol. The second-order valence-corrected chi connectivity index (χ2v) is 11.9. The number of carbonyl (C=O) groups is 2. The molecule has 11 heteroatoms. The van der Waals surface area contributed by atoms with Gasteiger partial charge in [-0.25, -0.2) is 13.8 Å². The predicted molar refractivity (Wildman–Crippen MR) is 197 cm³/mol. The highest BCUT2D eigenvalue weighted by Gasteiger charge is 2.23. The number of benzene rings is 4. The Morgan fingerprint density at radius 2 is 1.67 bits per heavy atom. The average molecular weight is 689 g/mol. The first-order valence-corrected chi connectivity index (χ1v) is 16.0. The molecule has 51 heavy (non-hydrogen) atoms. The maximum absolute atomic E-state index is 13.7. The molecule has 0 saturated heterocycles. The van der Waals surface area contributed by atoms with E-state index in [1.807, 2.05) is 86.9 Å². The smallest absolute Gasteiger partial charge is 0.265 e. The van der Waals surface area contributed by atoms with E-state index in [-0.39, 0.29) is 24.5 Å². The molecule has 0 aliphatic rings. The van der Waals surface area contributed by atoms with Crippen LogP contribution in [-0.2, 0) is 22.7 Å². The van der Waals surface area contributed by atoms with E-state index < -0.39 is 23.4 Å². The summed E-state index contributed by atoms with van der Waals surface area (Å²) in [6.45, 7) is 4.32. The minimum Gasteiger partial charge on any atom is -0.494 e. The average Bonchev–Trinajstić information content (AvgIpc) is 3.45. The summed E-state index contributed by atoms with van der Waals surface area (Å²) in [7, 11) is 4.03. The zero-order valence-corrected chi connectivity index (χ0v) is 28.2. The lowest BCUT2D eigenvalue weighted by Gasteiger charge is -2.19. The highest BCUT2D eigenvalue weighted by atomic mass is 19.2. The molecule has 1 heterocycles. The summed E-state index contributed by atoms with van der Waals surface area (Å²) < 4.78 is 27.0. The topological polar surface area (TPSA) is 127 Å². The Hall–Kier alpha value is -6.33. The quantitative estimate of drug-likeness (QED) is 0.0485. The number of nitrogens with two attached hydrogens (primary N) is 1. The number of fused-ring (bicyclic) bond motifs is 1. The number of rotatable bonds is 13. The second-order valence-electron chi connectivity index (χ2n) is 11.9. The van der Waals surface area contributed by atoms with Crippen LogP contribution in [0.4, 0.5) is 14.5 Å². The number of H-pyrrole nitrogens is 1. The van der Waals surface area contributed by atoms with Gasteiger partial charge < -0.3 is 30.9 Å². The van der Waals surface area contributed by atoms with Gasteiger partial charge in [0.2, 0.25) is 0 Å². The van der Waals surface area contributed by atoms with Gasteiger partial charge in [0.05, 0.1) is 23.5 Å². The van der Waals surface area contributed by atoms with Crippen molar-refractivity contribution in [2.45, 2.75) is 13.1 Å². The Morgan fingerprint density at radius 3 is 2.33 bits per heavy atom. The standard InChI is InChI=1S/C40H38F2N6O3/c1-4-48(25-28-15-19-33(41)34(42)21-28)40(51)32(23-43)38(49)44-20-8-9-26-14-18-31-35(22-26)46-39(50)36(31)37(29-10-6-5-7-11-29)45-30-16-12-27(13-17-30)24-47(2)3/h4-19,21-23,46,50H,1,20,24-25,43H2,2-3H3,(H,44,49)/b9-8+,32-23-,45-37?. The van der Waals surface area contributed by atoms with E-state index in [1.165, 1.54) is 12.3 Å². The number of halogens is 2. The van der Waals surface area contributed by atoms with Crippen molar-refractivity contribution in [3.63, 3.8) is 0 Å². The van der Waals surface area contributed by atoms with Crippen LogP contribution >= 0.6 is 0 Å². The van der Waals surface area contributed by atoms with Crippen molar-refractivity contribution in [2.75, 3.05) is 20.6 Å². The number of hydrogen-bond acceptors (Lipinski definition) is 6. The molecule has 0 radical (unpaired) electrons. The van der Waals surface area contributed by atoms with Crippen LogP contribution in [0.5, 0.6) is 5.88 Å². The third-order valence-electron chi connectivity index (χ3n) is 7.91. The van der Waals surface area contributed by atoms with E-state index >= 15 is 0 Å². The Labute approximate surface area is 294 Å². The van der Waals surface area contributed by atoms with Crippen LogP contribution in [0.3, 0.4) is 0 Å². The van der Waals surface area contributed by atoms with Crippen LogP contribution in [-0.4, -0.2) is 58.1 Å². The molecule has 5 N–H and O–H groups in total. The van der Waals surface area contributed by atoms with Gasteiger partial charge in [-0.05, 0) is 61.1 Å². The van der Waals surface area contributed by atoms with E-state index in [0.29, 0.717) is 22.4 Å². The van der Waals surface area contributed by atoms with Crippen molar-refractivity contribution in [3.05, 3.63) is 161 Å². The Kier molecular flexibility index (Phi) is 11.6. The lowest BCUT2D eigenvalue weighted by Crippen LogP contribution is -2.35. The third kappa shape index (κ3) is 8.83. The van der Waals surface area contributed by atoms with E-state index in [2.05, 4.69) is 21.8 Å². The zero-order valence-electron chi connectivity index (χ0n) is 28.2. The lowest BCUT2D eigenvalue weighted by atomic mass is 10.00. The van der Waals surface area contributed by atoms with E-state index in [9.17, 15) is 23.5 Å². The fraction of sp³-hybridized carbons (Fsp3) is 0.125. The van der Waals surface area contributed by atoms with E-state index in [0.717, 1.165) is 57.5 Å². The van der Waals surface area contributed by atoms with E-state index in [1.54, 1.807) is 12.2 Å². The van der Waals surface area contributed by atoms with Crippen LogP contribution in [0.1, 0.15) is 27.8 Å². The Balaban J connectivity index is 1.30. The molecule has 5 rings (SSSR count). The summed E-state index contributed by atoms with van der Waals surface area (Å²) in [5.41, 5.74) is 11.0. The van der Waals surface area contributed by atoms with E-state index in [4.69, 9.17) is 10.7 Å². The van der Waals surface area contributed by atoms with Gasteiger partial charge in [-0.1, -0.05) is 79.4 Å². The number of aromatic hydroxyl groups is 1. The van der Waals surface area contributed by atoms with Gasteiger partial charge in [0.1, 0.15) is 5.57 Å². The molecule has 1 aromatic heterocycles. The van der Waals surface area contributed by atoms with Gasteiger partial charge in [0.15, 0.2) is 17.5 Å². The summed E-state index contributed by atoms with van der Waals surface area (Å²) >= 11 is 0. The van der Waals surface area contributed by atoms with Gasteiger partial charge in [0, 0.05) is 42.0 Å². The second kappa shape index (κ2) is 16.4. The van der Waals surface area contributed by atoms with Crippen molar-refractivity contribution in [1.29, 1.82) is 0 Å². The number of nitrogens with one attached hydrogen (secondary N) is 2. The predicted octanol–water partition coefficient (Wildman–Crippen LogP) is 6.53. The molecule has 4 aromatic carbocycles. The summed E-state index contributed by atoms with van der Waals surface area (Å²) in [5, 5.41) is 14.6. The lowest BCUT2D eigenvalue weighted by molar-refractivity contribution is -0.128. The molecule has 0 aliphatic heterocycles. The maximum Gasteiger partial charge on any atom is 0.265 e. The van der Waals surface area contributed by atoms with Crippen molar-refractivity contribution < 1.29 is 23.5 Å². The molecule has 5 aromatic rings. The van der Waals surface area contributed by atoms with Crippen LogP contribution < -0.4 is 11.1 Å². The van der Waals surface area contributed by atoms with Crippen molar-refractivity contribution in [3.8, 4) is 5.88 Å². The molecule has 9 nitrogen and oxygen atoms in total. The molecule has 0 saturated carbocycles. The van der Waals surface area contributed by atoms with Crippen molar-refractivity contribution in [2.24, 2.45) is 10.7 Å². The molecule has 0 fully saturated rings. The minimum absolute atomic E-state index is 0.0193. The van der Waals surface area contributed by atoms with Gasteiger partial charge in [-0.2, -0.15) is 0 Å². The molecule has 0 unspecified atom stereocenters. The molecular formula is C40H38F2N6O3. The zero-order chi connectivity index (χ0) is 36.5. The number of nitrogens with zero attached hydrogens (tertiary/aromatic N) is 3. The van der Waals surface area contributed by atoms with Crippen LogP contribution in [0.2, 0.25) is 0 Å². The molecule has 0 atom stereocenters. The van der Waals surface area contributed by atoms with Crippen LogP contribution in [0, 0.1) is 11.6 Å². The van der Waals surface area contributed by atoms with Gasteiger partial charge >= 0.3 is 0 Å². The maximum atomic E-state index is 13.7. The first kappa shape index (κ1) is 36.0. The summed E-state index contributed by atoms with van der Waals surface area (Å²) in [4.78, 5) is 37.1. The van der Waals surface area contributed by atoms with Crippen LogP contribution in [0.25, 0.3) is 17.0 Å². The fourth-order valence-corrected chi connectivity index (χ4v) is 5.47. The molecule has 2 amide bonds. The SMILES string of the molecule is C=CN(Cc1ccc(F)c(F)c1)C(=O)/C(=C\N)C(=O)NC/C=C/c1ccc2c(C(=Nc3ccc(CN(C)C)cc3)c3ccccc3)c(O)[nH]c2c1. The highest BCUT2D eigenvalue weighted by Crippen LogP contribution is 2.32. The Morgan fingerprint density at radius 1 is 0.941 bits per heavy atom. The summed E-state index contributed by atoms with van der Waals surface area (Å²) in [5.74, 6) is -3.57. The van der Waals surface area contributed by atoms with Gasteiger partial charge in [0.25, 0.3) is 11.8 Å². The number of aromatic amines is 1. The number of aliphatic imine (C=N–C) groups is 1. The van der Waals surface area contributed by atoms with Gasteiger partial charge in [-0.3, -0.25) is 9.59 Å². The normalized spacial score (nSPS) is 12.1. The molecule has 0 bridgehead atoms. The van der Waals surface area contributed by atoms with Crippen LogP contribution in [0.15, 0.2) is 127 Å². The number of aromatic nitrogens is 1. The Bertz CT molecular complexity index is 2140. The largest absolute Gasteiger partial charge is 0.494 e. The summed E-state index contributed by atoms with van der Waals surface area (Å²) in [6, 6.07) is 26.5. The number of carbonyl (C=O) groups excluding carboxylic acids is 2. The number of amides is 2. The highest BCUT2D eigenvalue weighted by molar-refractivity contribution is 6.22. The number of hydrogen-bond donors (Lipinski definition) is 4. The van der Waals surface area contributed by atoms with Gasteiger partial charge in [-0.15, -0.1) is 0 Å². The fourth-order valence-electron chi connectivity index (χ4n) is 5.47. The molecule has 260 valence electrons. The first-order valence-electron chi connectivity index (χ1n) is 16.0. The minimum atomic E-state index is -1.06. The van der Waals surface area contributed by atoms with Crippen molar-refractivity contribution in [1.82, 2.24) is 20.1 Å².